The molecular formula is C7H11NO2. The van der Waals surface area contributed by atoms with Gasteiger partial charge >= 0.3 is 6.09 Å². The second-order valence-electron chi connectivity index (χ2n) is 3.12. The van der Waals surface area contributed by atoms with E-state index in [9.17, 15) is 4.79 Å². The largest absolute Gasteiger partial charge is 0.444 e. The molecule has 0 bridgehead atoms. The van der Waals surface area contributed by atoms with Crippen molar-refractivity contribution in [2.75, 3.05) is 0 Å². The molecule has 1 N–H and O–H groups in total. The highest BCUT2D eigenvalue weighted by atomic mass is 16.6. The number of nitrogens with one attached hydrogen (secondary N) is 1. The average molecular weight is 141 g/mol. The number of rotatable bonds is 1. The normalized spacial score (nSPS) is 39.1. The molecule has 1 heterocycles. The van der Waals surface area contributed by atoms with Gasteiger partial charge in [0.15, 0.2) is 0 Å². The van der Waals surface area contributed by atoms with Crippen molar-refractivity contribution in [3.63, 3.8) is 0 Å². The van der Waals surface area contributed by atoms with Crippen LogP contribution in [0.5, 0.6) is 0 Å². The lowest BCUT2D eigenvalue weighted by atomic mass is 10.1. The molecule has 10 heavy (non-hydrogen) atoms. The monoisotopic (exact) mass is 141 g/mol. The van der Waals surface area contributed by atoms with Gasteiger partial charge in [-0.05, 0) is 25.7 Å². The molecule has 1 aliphatic heterocycles. The maximum atomic E-state index is 10.7. The van der Waals surface area contributed by atoms with Crippen LogP contribution in [0.4, 0.5) is 4.79 Å². The number of ether oxygens (including phenoxy) is 1. The summed E-state index contributed by atoms with van der Waals surface area (Å²) in [6.07, 6.45) is 2.33. The summed E-state index contributed by atoms with van der Waals surface area (Å²) in [5.74, 6) is 0.696. The van der Waals surface area contributed by atoms with E-state index < -0.39 is 0 Å². The molecular weight excluding hydrogens is 130 g/mol. The molecule has 1 saturated heterocycles. The average Bonchev–Trinajstić information content (AvgIpc) is 2.61. The predicted molar refractivity (Wildman–Crippen MR) is 35.6 cm³/mol. The molecule has 0 aromatic heterocycles. The molecule has 2 atom stereocenters. The predicted octanol–water partition coefficient (Wildman–Crippen LogP) is 0.893. The molecule has 1 aliphatic carbocycles. The first-order valence-corrected chi connectivity index (χ1v) is 3.74. The van der Waals surface area contributed by atoms with Crippen LogP contribution in [0.25, 0.3) is 0 Å². The standard InChI is InChI=1S/C7H11NO2/c1-4-6(5-2-3-5)8-7(9)10-4/h4-6H,2-3H2,1H3,(H,8,9)/t4-,6+/m0/s1. The number of hydrogen-bond donors (Lipinski definition) is 1. The van der Waals surface area contributed by atoms with Gasteiger partial charge in [0.2, 0.25) is 0 Å². The van der Waals surface area contributed by atoms with Gasteiger partial charge in [-0.2, -0.15) is 0 Å². The zero-order valence-corrected chi connectivity index (χ0v) is 5.96. The quantitative estimate of drug-likeness (QED) is 0.589. The van der Waals surface area contributed by atoms with E-state index >= 15 is 0 Å². The van der Waals surface area contributed by atoms with Gasteiger partial charge in [0.05, 0.1) is 6.04 Å². The Kier molecular flexibility index (Phi) is 1.13. The summed E-state index contributed by atoms with van der Waals surface area (Å²) < 4.78 is 4.93. The fourth-order valence-corrected chi connectivity index (χ4v) is 1.49. The van der Waals surface area contributed by atoms with Gasteiger partial charge in [0.25, 0.3) is 0 Å². The zero-order chi connectivity index (χ0) is 7.14. The molecule has 1 amide bonds. The Hall–Kier alpha value is -0.730. The number of carbonyl (C=O) groups is 1. The maximum absolute atomic E-state index is 10.7. The third-order valence-electron chi connectivity index (χ3n) is 2.21. The van der Waals surface area contributed by atoms with E-state index in [4.69, 9.17) is 4.74 Å². The first-order chi connectivity index (χ1) is 4.77. The van der Waals surface area contributed by atoms with Crippen molar-refractivity contribution in [2.45, 2.75) is 31.9 Å². The highest BCUT2D eigenvalue weighted by Gasteiger charge is 2.41. The van der Waals surface area contributed by atoms with Crippen LogP contribution in [-0.4, -0.2) is 18.2 Å². The molecule has 3 heteroatoms. The number of hydrogen-bond acceptors (Lipinski definition) is 2. The summed E-state index contributed by atoms with van der Waals surface area (Å²) >= 11 is 0. The second kappa shape index (κ2) is 1.87. The van der Waals surface area contributed by atoms with Crippen LogP contribution in [0.1, 0.15) is 19.8 Å². The minimum atomic E-state index is -0.246. The molecule has 0 radical (unpaired) electrons. The highest BCUT2D eigenvalue weighted by molar-refractivity contribution is 5.70. The molecule has 0 aromatic rings. The van der Waals surface area contributed by atoms with Crippen molar-refractivity contribution in [3.05, 3.63) is 0 Å². The van der Waals surface area contributed by atoms with Gasteiger partial charge < -0.3 is 10.1 Å². The molecule has 2 aliphatic rings. The van der Waals surface area contributed by atoms with Crippen molar-refractivity contribution < 1.29 is 9.53 Å². The van der Waals surface area contributed by atoms with Crippen molar-refractivity contribution in [2.24, 2.45) is 5.92 Å². The van der Waals surface area contributed by atoms with Crippen LogP contribution < -0.4 is 5.32 Å². The number of carbonyl (C=O) groups excluding carboxylic acids is 1. The summed E-state index contributed by atoms with van der Waals surface area (Å²) in [4.78, 5) is 10.7. The van der Waals surface area contributed by atoms with E-state index in [0.29, 0.717) is 12.0 Å². The lowest BCUT2D eigenvalue weighted by molar-refractivity contribution is 0.139. The maximum Gasteiger partial charge on any atom is 0.407 e. The van der Waals surface area contributed by atoms with Gasteiger partial charge in [-0.3, -0.25) is 0 Å². The van der Waals surface area contributed by atoms with Gasteiger partial charge in [0.1, 0.15) is 6.10 Å². The van der Waals surface area contributed by atoms with Gasteiger partial charge in [-0.1, -0.05) is 0 Å². The highest BCUT2D eigenvalue weighted by Crippen LogP contribution is 2.36. The molecule has 0 unspecified atom stereocenters. The van der Waals surface area contributed by atoms with E-state index in [1.807, 2.05) is 6.92 Å². The number of amides is 1. The van der Waals surface area contributed by atoms with Crippen LogP contribution in [0, 0.1) is 5.92 Å². The van der Waals surface area contributed by atoms with E-state index in [1.165, 1.54) is 12.8 Å². The van der Waals surface area contributed by atoms with Gasteiger partial charge in [0, 0.05) is 0 Å². The molecule has 2 rings (SSSR count). The minimum absolute atomic E-state index is 0.0833. The fourth-order valence-electron chi connectivity index (χ4n) is 1.49. The smallest absolute Gasteiger partial charge is 0.407 e. The third kappa shape index (κ3) is 0.856. The Morgan fingerprint density at radius 1 is 1.60 bits per heavy atom. The summed E-state index contributed by atoms with van der Waals surface area (Å²) in [6, 6.07) is 0.299. The molecule has 2 fully saturated rings. The molecule has 0 aromatic carbocycles. The van der Waals surface area contributed by atoms with Crippen LogP contribution in [-0.2, 0) is 4.74 Å². The topological polar surface area (TPSA) is 38.3 Å². The minimum Gasteiger partial charge on any atom is -0.444 e. The van der Waals surface area contributed by atoms with Crippen LogP contribution in [0.2, 0.25) is 0 Å². The first-order valence-electron chi connectivity index (χ1n) is 3.74. The summed E-state index contributed by atoms with van der Waals surface area (Å²) in [7, 11) is 0. The van der Waals surface area contributed by atoms with Crippen molar-refractivity contribution in [1.29, 1.82) is 0 Å². The van der Waals surface area contributed by atoms with Crippen LogP contribution >= 0.6 is 0 Å². The number of alkyl carbamates (subject to hydrolysis) is 1. The Morgan fingerprint density at radius 3 is 2.70 bits per heavy atom. The number of cyclic esters (lactones) is 1. The Balaban J connectivity index is 2.01. The molecule has 56 valence electrons. The molecule has 1 saturated carbocycles. The van der Waals surface area contributed by atoms with Gasteiger partial charge in [-0.15, -0.1) is 0 Å². The molecule has 0 spiro atoms. The van der Waals surface area contributed by atoms with E-state index in [0.717, 1.165) is 0 Å². The van der Waals surface area contributed by atoms with Crippen LogP contribution in [0.15, 0.2) is 0 Å². The lowest BCUT2D eigenvalue weighted by Gasteiger charge is -2.09. The van der Waals surface area contributed by atoms with Crippen molar-refractivity contribution >= 4 is 6.09 Å². The van der Waals surface area contributed by atoms with Gasteiger partial charge in [-0.25, -0.2) is 4.79 Å². The summed E-state index contributed by atoms with van der Waals surface area (Å²) in [6.45, 7) is 1.95. The fraction of sp³-hybridized carbons (Fsp3) is 0.857. The van der Waals surface area contributed by atoms with E-state index in [2.05, 4.69) is 5.32 Å². The summed E-state index contributed by atoms with van der Waals surface area (Å²) in [5, 5.41) is 2.80. The van der Waals surface area contributed by atoms with Crippen LogP contribution in [0.3, 0.4) is 0 Å². The summed E-state index contributed by atoms with van der Waals surface area (Å²) in [5.41, 5.74) is 0. The SMILES string of the molecule is C[C@@H]1OC(=O)N[C@H]1C1CC1. The van der Waals surface area contributed by atoms with Crippen molar-refractivity contribution in [1.82, 2.24) is 5.32 Å². The Morgan fingerprint density at radius 2 is 2.30 bits per heavy atom. The first kappa shape index (κ1) is 6.01. The lowest BCUT2D eigenvalue weighted by Crippen LogP contribution is -2.31. The van der Waals surface area contributed by atoms with E-state index in [1.54, 1.807) is 0 Å². The van der Waals surface area contributed by atoms with E-state index in [-0.39, 0.29) is 12.2 Å². The Labute approximate surface area is 59.7 Å². The zero-order valence-electron chi connectivity index (χ0n) is 5.96. The molecule has 3 nitrogen and oxygen atoms in total. The second-order valence-corrected chi connectivity index (χ2v) is 3.12. The van der Waals surface area contributed by atoms with Crippen molar-refractivity contribution in [3.8, 4) is 0 Å². The Bertz CT molecular complexity index is 165. The third-order valence-corrected chi connectivity index (χ3v) is 2.21.